The Hall–Kier alpha value is -0.980. The van der Waals surface area contributed by atoms with Gasteiger partial charge in [-0.05, 0) is 30.4 Å². The Morgan fingerprint density at radius 2 is 2.13 bits per heavy atom. The Labute approximate surface area is 93.5 Å². The summed E-state index contributed by atoms with van der Waals surface area (Å²) < 4.78 is 5.37. The smallest absolute Gasteiger partial charge is 0.121 e. The maximum atomic E-state index is 5.37. The highest BCUT2D eigenvalue weighted by Crippen LogP contribution is 2.23. The van der Waals surface area contributed by atoms with Crippen LogP contribution in [0, 0.1) is 5.92 Å². The van der Waals surface area contributed by atoms with Crippen LogP contribution >= 0.6 is 0 Å². The molecule has 0 saturated carbocycles. The third-order valence-corrected chi connectivity index (χ3v) is 2.83. The summed E-state index contributed by atoms with van der Waals surface area (Å²) in [5.74, 6) is 1.61. The van der Waals surface area contributed by atoms with Gasteiger partial charge in [-0.2, -0.15) is 0 Å². The number of allylic oxidation sites excluding steroid dienone is 5. The summed E-state index contributed by atoms with van der Waals surface area (Å²) in [4.78, 5) is 0. The molecule has 15 heavy (non-hydrogen) atoms. The average Bonchev–Trinajstić information content (AvgIpc) is 2.47. The highest BCUT2D eigenvalue weighted by molar-refractivity contribution is 5.33. The maximum absolute atomic E-state index is 5.37. The van der Waals surface area contributed by atoms with Crippen molar-refractivity contribution in [3.05, 3.63) is 35.6 Å². The largest absolute Gasteiger partial charge is 0.496 e. The lowest BCUT2D eigenvalue weighted by atomic mass is 9.98. The van der Waals surface area contributed by atoms with Gasteiger partial charge in [-0.15, -0.1) is 0 Å². The number of hydrogen-bond acceptors (Lipinski definition) is 1. The molecular weight excluding hydrogens is 184 g/mol. The number of ether oxygens (including phenoxy) is 1. The molecule has 0 heterocycles. The van der Waals surface area contributed by atoms with E-state index in [-0.39, 0.29) is 0 Å². The molecule has 1 rings (SSSR count). The van der Waals surface area contributed by atoms with E-state index in [4.69, 9.17) is 4.74 Å². The molecule has 1 aliphatic rings. The van der Waals surface area contributed by atoms with E-state index in [1.54, 1.807) is 7.11 Å². The fourth-order valence-electron chi connectivity index (χ4n) is 1.90. The van der Waals surface area contributed by atoms with Crippen molar-refractivity contribution in [1.82, 2.24) is 0 Å². The minimum Gasteiger partial charge on any atom is -0.496 e. The fraction of sp³-hybridized carbons (Fsp3) is 0.571. The summed E-state index contributed by atoms with van der Waals surface area (Å²) in [6.45, 7) is 4.42. The van der Waals surface area contributed by atoms with Crippen molar-refractivity contribution in [3.8, 4) is 0 Å². The molecular formula is C14H22O. The van der Waals surface area contributed by atoms with Crippen LogP contribution in [0.1, 0.15) is 39.5 Å². The normalized spacial score (nSPS) is 20.6. The molecule has 0 fully saturated rings. The molecule has 0 bridgehead atoms. The summed E-state index contributed by atoms with van der Waals surface area (Å²) in [5, 5.41) is 0. The number of rotatable bonds is 5. The monoisotopic (exact) mass is 206 g/mol. The number of unbranched alkanes of at least 4 members (excludes halogenated alkanes) is 1. The van der Waals surface area contributed by atoms with E-state index < -0.39 is 0 Å². The Morgan fingerprint density at radius 1 is 1.33 bits per heavy atom. The predicted octanol–water partition coefficient (Wildman–Crippen LogP) is 4.23. The van der Waals surface area contributed by atoms with Gasteiger partial charge < -0.3 is 4.74 Å². The first-order valence-electron chi connectivity index (χ1n) is 5.95. The van der Waals surface area contributed by atoms with Gasteiger partial charge >= 0.3 is 0 Å². The second kappa shape index (κ2) is 6.49. The third kappa shape index (κ3) is 3.58. The van der Waals surface area contributed by atoms with E-state index >= 15 is 0 Å². The van der Waals surface area contributed by atoms with E-state index in [9.17, 15) is 0 Å². The van der Waals surface area contributed by atoms with E-state index in [0.29, 0.717) is 5.92 Å². The van der Waals surface area contributed by atoms with Crippen LogP contribution in [0.15, 0.2) is 35.6 Å². The summed E-state index contributed by atoms with van der Waals surface area (Å²) >= 11 is 0. The van der Waals surface area contributed by atoms with Gasteiger partial charge in [0.2, 0.25) is 0 Å². The standard InChI is InChI=1S/C14H22O/c1-4-6-8-12-9-7-10-14(15-3)13(5-2)11-12/h7,9-12H,4-6,8H2,1-3H3. The minimum atomic E-state index is 0.587. The van der Waals surface area contributed by atoms with Crippen LogP contribution in [-0.4, -0.2) is 7.11 Å². The van der Waals surface area contributed by atoms with Gasteiger partial charge in [0.1, 0.15) is 5.76 Å². The van der Waals surface area contributed by atoms with Crippen LogP contribution < -0.4 is 0 Å². The molecule has 1 aliphatic carbocycles. The Balaban J connectivity index is 2.72. The van der Waals surface area contributed by atoms with Gasteiger partial charge in [-0.1, -0.05) is 44.9 Å². The molecule has 0 saturated heterocycles. The number of methoxy groups -OCH3 is 1. The van der Waals surface area contributed by atoms with Crippen LogP contribution in [0.3, 0.4) is 0 Å². The molecule has 84 valence electrons. The molecule has 1 atom stereocenters. The van der Waals surface area contributed by atoms with Crippen molar-refractivity contribution in [2.75, 3.05) is 7.11 Å². The van der Waals surface area contributed by atoms with Gasteiger partial charge in [0, 0.05) is 0 Å². The second-order valence-corrected chi connectivity index (χ2v) is 3.97. The van der Waals surface area contributed by atoms with E-state index in [2.05, 4.69) is 38.2 Å². The Bertz CT molecular complexity index is 271. The average molecular weight is 206 g/mol. The van der Waals surface area contributed by atoms with Crippen molar-refractivity contribution in [3.63, 3.8) is 0 Å². The molecule has 0 spiro atoms. The molecule has 1 heteroatoms. The molecule has 1 unspecified atom stereocenters. The molecule has 0 aromatic heterocycles. The highest BCUT2D eigenvalue weighted by atomic mass is 16.5. The summed E-state index contributed by atoms with van der Waals surface area (Å²) in [6.07, 6.45) is 13.7. The van der Waals surface area contributed by atoms with Gasteiger partial charge in [0.15, 0.2) is 0 Å². The van der Waals surface area contributed by atoms with Crippen LogP contribution in [-0.2, 0) is 4.74 Å². The first kappa shape index (κ1) is 12.1. The lowest BCUT2D eigenvalue weighted by molar-refractivity contribution is 0.298. The third-order valence-electron chi connectivity index (χ3n) is 2.83. The molecule has 0 N–H and O–H groups in total. The van der Waals surface area contributed by atoms with E-state index in [1.807, 2.05) is 0 Å². The van der Waals surface area contributed by atoms with Crippen LogP contribution in [0.25, 0.3) is 0 Å². The zero-order chi connectivity index (χ0) is 11.1. The van der Waals surface area contributed by atoms with Crippen molar-refractivity contribution < 1.29 is 4.74 Å². The molecule has 0 amide bonds. The van der Waals surface area contributed by atoms with Gasteiger partial charge in [0.25, 0.3) is 0 Å². The quantitative estimate of drug-likeness (QED) is 0.654. The lowest BCUT2D eigenvalue weighted by Crippen LogP contribution is -1.96. The van der Waals surface area contributed by atoms with E-state index in [0.717, 1.165) is 12.2 Å². The van der Waals surface area contributed by atoms with Crippen molar-refractivity contribution in [2.24, 2.45) is 5.92 Å². The van der Waals surface area contributed by atoms with Crippen molar-refractivity contribution in [2.45, 2.75) is 39.5 Å². The van der Waals surface area contributed by atoms with E-state index in [1.165, 1.54) is 24.8 Å². The van der Waals surface area contributed by atoms with Gasteiger partial charge in [-0.25, -0.2) is 0 Å². The summed E-state index contributed by atoms with van der Waals surface area (Å²) in [5.41, 5.74) is 1.34. The Kier molecular flexibility index (Phi) is 5.23. The number of hydrogen-bond donors (Lipinski definition) is 0. The van der Waals surface area contributed by atoms with Crippen molar-refractivity contribution >= 4 is 0 Å². The van der Waals surface area contributed by atoms with Crippen LogP contribution in [0.5, 0.6) is 0 Å². The SMILES string of the molecule is CCCCC1C=CC=C(OC)C(CC)=C1. The minimum absolute atomic E-state index is 0.587. The summed E-state index contributed by atoms with van der Waals surface area (Å²) in [6, 6.07) is 0. The van der Waals surface area contributed by atoms with Gasteiger partial charge in [0.05, 0.1) is 7.11 Å². The van der Waals surface area contributed by atoms with Crippen LogP contribution in [0.2, 0.25) is 0 Å². The molecule has 0 radical (unpaired) electrons. The lowest BCUT2D eigenvalue weighted by Gasteiger charge is -2.10. The zero-order valence-electron chi connectivity index (χ0n) is 10.1. The van der Waals surface area contributed by atoms with Crippen LogP contribution in [0.4, 0.5) is 0 Å². The Morgan fingerprint density at radius 3 is 2.73 bits per heavy atom. The topological polar surface area (TPSA) is 9.23 Å². The first-order valence-corrected chi connectivity index (χ1v) is 5.95. The predicted molar refractivity (Wildman–Crippen MR) is 65.6 cm³/mol. The first-order chi connectivity index (χ1) is 7.31. The van der Waals surface area contributed by atoms with Gasteiger partial charge in [-0.3, -0.25) is 0 Å². The summed E-state index contributed by atoms with van der Waals surface area (Å²) in [7, 11) is 1.75. The van der Waals surface area contributed by atoms with Crippen molar-refractivity contribution in [1.29, 1.82) is 0 Å². The second-order valence-electron chi connectivity index (χ2n) is 3.97. The molecule has 1 nitrogen and oxygen atoms in total. The highest BCUT2D eigenvalue weighted by Gasteiger charge is 2.09. The molecule has 0 aromatic carbocycles. The maximum Gasteiger partial charge on any atom is 0.121 e. The zero-order valence-corrected chi connectivity index (χ0v) is 10.1. The fourth-order valence-corrected chi connectivity index (χ4v) is 1.90. The molecule has 0 aromatic rings. The molecule has 0 aliphatic heterocycles.